The number of fused-ring (bicyclic) bond motifs is 2. The highest BCUT2D eigenvalue weighted by molar-refractivity contribution is 5.89. The van der Waals surface area contributed by atoms with Crippen LogP contribution in [0.2, 0.25) is 0 Å². The van der Waals surface area contributed by atoms with Gasteiger partial charge in [-0.25, -0.2) is 0 Å². The number of benzene rings is 7. The molecule has 7 aromatic rings. The standard InChI is InChI=1S/C40H30O2/c1-3-11-37-33(7-1)9-5-13-39(37)41-35-23-19-31(20-24-35)27-29-15-17-30(18-16-29)28-32-21-25-36(26-22-32)42-40-14-6-10-34-8-2-4-12-38(34)40/h1-26H,27-28H2. The van der Waals surface area contributed by atoms with E-state index in [2.05, 4.69) is 121 Å². The van der Waals surface area contributed by atoms with Crippen LogP contribution in [0.15, 0.2) is 158 Å². The van der Waals surface area contributed by atoms with Crippen LogP contribution in [0, 0.1) is 0 Å². The van der Waals surface area contributed by atoms with Gasteiger partial charge in [-0.3, -0.25) is 0 Å². The van der Waals surface area contributed by atoms with Crippen LogP contribution < -0.4 is 9.47 Å². The van der Waals surface area contributed by atoms with Gasteiger partial charge >= 0.3 is 0 Å². The Morgan fingerprint density at radius 3 is 1.05 bits per heavy atom. The van der Waals surface area contributed by atoms with Crippen molar-refractivity contribution in [3.63, 3.8) is 0 Å². The van der Waals surface area contributed by atoms with Gasteiger partial charge in [0.15, 0.2) is 0 Å². The van der Waals surface area contributed by atoms with E-state index in [-0.39, 0.29) is 0 Å². The lowest BCUT2D eigenvalue weighted by Crippen LogP contribution is -1.92. The average molecular weight is 543 g/mol. The summed E-state index contributed by atoms with van der Waals surface area (Å²) in [6.45, 7) is 0. The Morgan fingerprint density at radius 1 is 0.310 bits per heavy atom. The van der Waals surface area contributed by atoms with Crippen molar-refractivity contribution < 1.29 is 9.47 Å². The largest absolute Gasteiger partial charge is 0.457 e. The highest BCUT2D eigenvalue weighted by Crippen LogP contribution is 2.31. The normalized spacial score (nSPS) is 11.0. The lowest BCUT2D eigenvalue weighted by atomic mass is 10.0. The molecule has 7 rings (SSSR count). The zero-order valence-corrected chi connectivity index (χ0v) is 23.2. The van der Waals surface area contributed by atoms with Gasteiger partial charge in [0, 0.05) is 10.8 Å². The summed E-state index contributed by atoms with van der Waals surface area (Å²) in [7, 11) is 0. The predicted molar refractivity (Wildman–Crippen MR) is 173 cm³/mol. The first kappa shape index (κ1) is 25.6. The highest BCUT2D eigenvalue weighted by Gasteiger charge is 2.06. The van der Waals surface area contributed by atoms with Gasteiger partial charge in [0.2, 0.25) is 0 Å². The smallest absolute Gasteiger partial charge is 0.135 e. The Labute approximate surface area is 246 Å². The van der Waals surface area contributed by atoms with Gasteiger partial charge in [0.1, 0.15) is 23.0 Å². The van der Waals surface area contributed by atoms with Crippen molar-refractivity contribution in [2.75, 3.05) is 0 Å². The maximum Gasteiger partial charge on any atom is 0.135 e. The quantitative estimate of drug-likeness (QED) is 0.190. The summed E-state index contributed by atoms with van der Waals surface area (Å²) in [5, 5.41) is 4.60. The molecule has 0 radical (unpaired) electrons. The third-order valence-corrected chi connectivity index (χ3v) is 7.64. The first-order valence-corrected chi connectivity index (χ1v) is 14.3. The second-order valence-electron chi connectivity index (χ2n) is 10.6. The van der Waals surface area contributed by atoms with E-state index >= 15 is 0 Å². The number of ether oxygens (including phenoxy) is 2. The number of hydrogen-bond donors (Lipinski definition) is 0. The van der Waals surface area contributed by atoms with Crippen molar-refractivity contribution in [2.45, 2.75) is 12.8 Å². The molecule has 7 aromatic carbocycles. The highest BCUT2D eigenvalue weighted by atomic mass is 16.5. The second kappa shape index (κ2) is 11.6. The Bertz CT molecular complexity index is 1800. The summed E-state index contributed by atoms with van der Waals surface area (Å²) >= 11 is 0. The van der Waals surface area contributed by atoms with Crippen molar-refractivity contribution in [3.8, 4) is 23.0 Å². The second-order valence-corrected chi connectivity index (χ2v) is 10.6. The van der Waals surface area contributed by atoms with Crippen molar-refractivity contribution in [1.82, 2.24) is 0 Å². The van der Waals surface area contributed by atoms with Gasteiger partial charge in [-0.2, -0.15) is 0 Å². The van der Waals surface area contributed by atoms with E-state index in [0.29, 0.717) is 0 Å². The minimum absolute atomic E-state index is 0.846. The van der Waals surface area contributed by atoms with E-state index in [0.717, 1.165) is 46.6 Å². The SMILES string of the molecule is c1ccc2c(Oc3ccc(Cc4ccc(Cc5ccc(Oc6cccc7ccccc67)cc5)cc4)cc3)cccc2c1. The fourth-order valence-electron chi connectivity index (χ4n) is 5.42. The third kappa shape index (κ3) is 5.75. The lowest BCUT2D eigenvalue weighted by Gasteiger charge is -2.10. The molecule has 2 heteroatoms. The molecule has 0 saturated carbocycles. The van der Waals surface area contributed by atoms with Gasteiger partial charge in [-0.15, -0.1) is 0 Å². The topological polar surface area (TPSA) is 18.5 Å². The molecule has 0 aliphatic heterocycles. The van der Waals surface area contributed by atoms with E-state index in [9.17, 15) is 0 Å². The fraction of sp³-hybridized carbons (Fsp3) is 0.0500. The van der Waals surface area contributed by atoms with Gasteiger partial charge < -0.3 is 9.47 Å². The lowest BCUT2D eigenvalue weighted by molar-refractivity contribution is 0.488. The fourth-order valence-corrected chi connectivity index (χ4v) is 5.42. The van der Waals surface area contributed by atoms with E-state index in [1.807, 2.05) is 36.4 Å². The summed E-state index contributed by atoms with van der Waals surface area (Å²) in [5.74, 6) is 3.45. The zero-order chi connectivity index (χ0) is 28.1. The van der Waals surface area contributed by atoms with Crippen LogP contribution in [0.25, 0.3) is 21.5 Å². The van der Waals surface area contributed by atoms with Crippen molar-refractivity contribution in [1.29, 1.82) is 0 Å². The third-order valence-electron chi connectivity index (χ3n) is 7.64. The first-order valence-electron chi connectivity index (χ1n) is 14.3. The summed E-state index contributed by atoms with van der Waals surface area (Å²) < 4.78 is 12.4. The van der Waals surface area contributed by atoms with Gasteiger partial charge in [-0.05, 0) is 82.3 Å². The minimum atomic E-state index is 0.846. The van der Waals surface area contributed by atoms with Gasteiger partial charge in [-0.1, -0.05) is 121 Å². The minimum Gasteiger partial charge on any atom is -0.457 e. The molecule has 0 heterocycles. The van der Waals surface area contributed by atoms with Gasteiger partial charge in [0.05, 0.1) is 0 Å². The molecule has 0 N–H and O–H groups in total. The number of hydrogen-bond acceptors (Lipinski definition) is 2. The first-order chi connectivity index (χ1) is 20.8. The van der Waals surface area contributed by atoms with E-state index in [4.69, 9.17) is 9.47 Å². The summed E-state index contributed by atoms with van der Waals surface area (Å²) in [5.41, 5.74) is 5.10. The molecular weight excluding hydrogens is 512 g/mol. The van der Waals surface area contributed by atoms with Crippen LogP contribution in [-0.4, -0.2) is 0 Å². The molecule has 0 unspecified atom stereocenters. The molecule has 2 nitrogen and oxygen atoms in total. The van der Waals surface area contributed by atoms with Crippen molar-refractivity contribution in [2.24, 2.45) is 0 Å². The molecule has 0 spiro atoms. The Kier molecular flexibility index (Phi) is 7.10. The molecule has 0 fully saturated rings. The monoisotopic (exact) mass is 542 g/mol. The van der Waals surface area contributed by atoms with E-state index in [1.165, 1.54) is 33.0 Å². The maximum absolute atomic E-state index is 6.22. The molecule has 0 amide bonds. The molecule has 0 aliphatic carbocycles. The van der Waals surface area contributed by atoms with Crippen LogP contribution in [0.4, 0.5) is 0 Å². The molecule has 0 atom stereocenters. The van der Waals surface area contributed by atoms with E-state index in [1.54, 1.807) is 0 Å². The van der Waals surface area contributed by atoms with Crippen molar-refractivity contribution >= 4 is 21.5 Å². The number of rotatable bonds is 8. The average Bonchev–Trinajstić information content (AvgIpc) is 3.04. The van der Waals surface area contributed by atoms with Crippen LogP contribution in [-0.2, 0) is 12.8 Å². The Balaban J connectivity index is 0.963. The molecular formula is C40H30O2. The Morgan fingerprint density at radius 2 is 0.643 bits per heavy atom. The molecule has 0 aromatic heterocycles. The molecule has 0 bridgehead atoms. The van der Waals surface area contributed by atoms with Crippen LogP contribution in [0.1, 0.15) is 22.3 Å². The molecule has 0 saturated heterocycles. The summed E-state index contributed by atoms with van der Waals surface area (Å²) in [6, 6.07) is 54.7. The summed E-state index contributed by atoms with van der Waals surface area (Å²) in [6.07, 6.45) is 1.77. The zero-order valence-electron chi connectivity index (χ0n) is 23.2. The molecule has 202 valence electrons. The van der Waals surface area contributed by atoms with E-state index < -0.39 is 0 Å². The Hall–Kier alpha value is -5.34. The molecule has 0 aliphatic rings. The maximum atomic E-state index is 6.22. The summed E-state index contributed by atoms with van der Waals surface area (Å²) in [4.78, 5) is 0. The van der Waals surface area contributed by atoms with Gasteiger partial charge in [0.25, 0.3) is 0 Å². The van der Waals surface area contributed by atoms with Crippen LogP contribution in [0.3, 0.4) is 0 Å². The van der Waals surface area contributed by atoms with Crippen molar-refractivity contribution in [3.05, 3.63) is 180 Å². The molecule has 42 heavy (non-hydrogen) atoms. The van der Waals surface area contributed by atoms with Crippen LogP contribution in [0.5, 0.6) is 23.0 Å². The predicted octanol–water partition coefficient (Wildman–Crippen LogP) is 10.8. The van der Waals surface area contributed by atoms with Crippen LogP contribution >= 0.6 is 0 Å².